The van der Waals surface area contributed by atoms with E-state index in [-0.39, 0.29) is 24.3 Å². The number of aromatic amines is 1. The summed E-state index contributed by atoms with van der Waals surface area (Å²) in [6, 6.07) is 6.50. The fourth-order valence-corrected chi connectivity index (χ4v) is 4.35. The fourth-order valence-electron chi connectivity index (χ4n) is 4.35. The molecule has 2 N–H and O–H groups in total. The number of aromatic nitrogens is 2. The van der Waals surface area contributed by atoms with Crippen molar-refractivity contribution in [3.8, 4) is 0 Å². The zero-order valence-corrected chi connectivity index (χ0v) is 17.0. The third-order valence-corrected chi connectivity index (χ3v) is 5.88. The molecule has 0 radical (unpaired) electrons. The molecule has 5 nitrogen and oxygen atoms in total. The molecule has 29 heavy (non-hydrogen) atoms. The van der Waals surface area contributed by atoms with Crippen molar-refractivity contribution in [2.24, 2.45) is 0 Å². The summed E-state index contributed by atoms with van der Waals surface area (Å²) in [5.74, 6) is -0.355. The number of rotatable bonds is 6. The number of hydrogen-bond donors (Lipinski definition) is 2. The monoisotopic (exact) mass is 394 g/mol. The third-order valence-electron chi connectivity index (χ3n) is 5.88. The topological polar surface area (TPSA) is 61.0 Å². The summed E-state index contributed by atoms with van der Waals surface area (Å²) in [4.78, 5) is 23.0. The zero-order valence-electron chi connectivity index (χ0n) is 17.0. The summed E-state index contributed by atoms with van der Waals surface area (Å²) >= 11 is 0. The number of pyridine rings is 1. The van der Waals surface area contributed by atoms with Crippen LogP contribution in [0.1, 0.15) is 48.2 Å². The van der Waals surface area contributed by atoms with E-state index in [1.54, 1.807) is 18.5 Å². The minimum atomic E-state index is -0.369. The highest BCUT2D eigenvalue weighted by molar-refractivity contribution is 5.88. The second-order valence-corrected chi connectivity index (χ2v) is 7.72. The first-order valence-corrected chi connectivity index (χ1v) is 10.3. The Morgan fingerprint density at radius 2 is 2.14 bits per heavy atom. The van der Waals surface area contributed by atoms with Gasteiger partial charge >= 0.3 is 0 Å². The number of benzene rings is 1. The lowest BCUT2D eigenvalue weighted by Crippen LogP contribution is -2.39. The van der Waals surface area contributed by atoms with E-state index >= 15 is 0 Å². The van der Waals surface area contributed by atoms with Gasteiger partial charge in [-0.25, -0.2) is 4.39 Å². The van der Waals surface area contributed by atoms with Gasteiger partial charge in [0.1, 0.15) is 11.9 Å². The van der Waals surface area contributed by atoms with Gasteiger partial charge in [-0.05, 0) is 74.2 Å². The first kappa shape index (κ1) is 19.6. The van der Waals surface area contributed by atoms with Gasteiger partial charge in [0.25, 0.3) is 0 Å². The van der Waals surface area contributed by atoms with Crippen LogP contribution in [-0.4, -0.2) is 33.9 Å². The average Bonchev–Trinajstić information content (AvgIpc) is 3.36. The number of likely N-dealkylation sites (tertiary alicyclic amines) is 1. The van der Waals surface area contributed by atoms with E-state index in [1.807, 2.05) is 19.1 Å². The smallest absolute Gasteiger partial charge is 0.242 e. The van der Waals surface area contributed by atoms with Gasteiger partial charge < -0.3 is 10.3 Å². The average molecular weight is 394 g/mol. The Kier molecular flexibility index (Phi) is 5.62. The first-order valence-electron chi connectivity index (χ1n) is 10.3. The van der Waals surface area contributed by atoms with Gasteiger partial charge in [0.2, 0.25) is 5.91 Å². The summed E-state index contributed by atoms with van der Waals surface area (Å²) in [7, 11) is 0. The van der Waals surface area contributed by atoms with Gasteiger partial charge in [-0.2, -0.15) is 0 Å². The van der Waals surface area contributed by atoms with Crippen LogP contribution in [-0.2, 0) is 17.8 Å². The van der Waals surface area contributed by atoms with Gasteiger partial charge in [-0.3, -0.25) is 14.7 Å². The molecule has 1 saturated heterocycles. The number of carbonyl (C=O) groups is 1. The van der Waals surface area contributed by atoms with E-state index in [1.165, 1.54) is 6.07 Å². The lowest BCUT2D eigenvalue weighted by molar-refractivity contribution is -0.126. The molecule has 3 heterocycles. The number of nitrogens with one attached hydrogen (secondary N) is 2. The van der Waals surface area contributed by atoms with E-state index in [0.717, 1.165) is 65.6 Å². The molecule has 0 saturated carbocycles. The van der Waals surface area contributed by atoms with Crippen molar-refractivity contribution >= 4 is 16.8 Å². The van der Waals surface area contributed by atoms with Gasteiger partial charge in [-0.1, -0.05) is 13.0 Å². The molecule has 152 valence electrons. The number of aryl methyl sites for hydroxylation is 2. The molecule has 1 aliphatic heterocycles. The SMILES string of the molecule is CCc1[nH]c2c(CNC(=O)[C@H](c3cccnc3)N3CCCC3)cc(F)cc2c1C. The molecule has 2 aromatic heterocycles. The van der Waals surface area contributed by atoms with Crippen molar-refractivity contribution < 1.29 is 9.18 Å². The highest BCUT2D eigenvalue weighted by Crippen LogP contribution is 2.28. The van der Waals surface area contributed by atoms with Crippen LogP contribution in [0.15, 0.2) is 36.7 Å². The van der Waals surface area contributed by atoms with Crippen LogP contribution < -0.4 is 5.32 Å². The summed E-state index contributed by atoms with van der Waals surface area (Å²) < 4.78 is 14.2. The van der Waals surface area contributed by atoms with Crippen molar-refractivity contribution in [3.63, 3.8) is 0 Å². The fraction of sp³-hybridized carbons (Fsp3) is 0.391. The van der Waals surface area contributed by atoms with Gasteiger partial charge in [0.15, 0.2) is 0 Å². The molecule has 1 aromatic carbocycles. The number of amides is 1. The van der Waals surface area contributed by atoms with Crippen LogP contribution >= 0.6 is 0 Å². The Labute approximate surface area is 170 Å². The molecule has 0 spiro atoms. The molecule has 0 aliphatic carbocycles. The van der Waals surface area contributed by atoms with Gasteiger partial charge in [0, 0.05) is 30.0 Å². The van der Waals surface area contributed by atoms with Crippen LogP contribution in [0.3, 0.4) is 0 Å². The number of nitrogens with zero attached hydrogens (tertiary/aromatic N) is 2. The molecule has 1 amide bonds. The summed E-state index contributed by atoms with van der Waals surface area (Å²) in [5.41, 5.74) is 4.73. The Bertz CT molecular complexity index is 1010. The maximum absolute atomic E-state index is 14.2. The molecule has 0 bridgehead atoms. The highest BCUT2D eigenvalue weighted by atomic mass is 19.1. The van der Waals surface area contributed by atoms with E-state index in [4.69, 9.17) is 0 Å². The van der Waals surface area contributed by atoms with Gasteiger partial charge in [0.05, 0.1) is 5.52 Å². The molecule has 1 fully saturated rings. The second-order valence-electron chi connectivity index (χ2n) is 7.72. The molecule has 6 heteroatoms. The van der Waals surface area contributed by atoms with Crippen molar-refractivity contribution in [2.75, 3.05) is 13.1 Å². The number of fused-ring (bicyclic) bond motifs is 1. The Morgan fingerprint density at radius 1 is 1.34 bits per heavy atom. The van der Waals surface area contributed by atoms with Gasteiger partial charge in [-0.15, -0.1) is 0 Å². The largest absolute Gasteiger partial charge is 0.358 e. The van der Waals surface area contributed by atoms with Crippen LogP contribution in [0.5, 0.6) is 0 Å². The second kappa shape index (κ2) is 8.33. The quantitative estimate of drug-likeness (QED) is 0.664. The van der Waals surface area contributed by atoms with Crippen LogP contribution in [0.2, 0.25) is 0 Å². The predicted octanol–water partition coefficient (Wildman–Crippen LogP) is 4.03. The normalized spacial score (nSPS) is 15.7. The number of carbonyl (C=O) groups excluding carboxylic acids is 1. The highest BCUT2D eigenvalue weighted by Gasteiger charge is 2.29. The van der Waals surface area contributed by atoms with Crippen molar-refractivity contribution in [3.05, 3.63) is 64.9 Å². The van der Waals surface area contributed by atoms with E-state index in [9.17, 15) is 9.18 Å². The van der Waals surface area contributed by atoms with Crippen molar-refractivity contribution in [1.29, 1.82) is 0 Å². The van der Waals surface area contributed by atoms with Crippen molar-refractivity contribution in [1.82, 2.24) is 20.2 Å². The minimum absolute atomic E-state index is 0.0729. The lowest BCUT2D eigenvalue weighted by Gasteiger charge is -2.26. The van der Waals surface area contributed by atoms with Crippen LogP contribution in [0, 0.1) is 12.7 Å². The third kappa shape index (κ3) is 3.90. The summed E-state index contributed by atoms with van der Waals surface area (Å²) in [6.07, 6.45) is 6.51. The van der Waals surface area contributed by atoms with E-state index in [0.29, 0.717) is 0 Å². The molecule has 1 atom stereocenters. The summed E-state index contributed by atoms with van der Waals surface area (Å²) in [5, 5.41) is 3.93. The summed E-state index contributed by atoms with van der Waals surface area (Å²) in [6.45, 7) is 6.15. The molecule has 4 rings (SSSR count). The minimum Gasteiger partial charge on any atom is -0.358 e. The van der Waals surface area contributed by atoms with Crippen molar-refractivity contribution in [2.45, 2.75) is 45.7 Å². The predicted molar refractivity (Wildman–Crippen MR) is 112 cm³/mol. The van der Waals surface area contributed by atoms with Crippen LogP contribution in [0.25, 0.3) is 10.9 Å². The zero-order chi connectivity index (χ0) is 20.4. The van der Waals surface area contributed by atoms with E-state index < -0.39 is 0 Å². The number of H-pyrrole nitrogens is 1. The van der Waals surface area contributed by atoms with E-state index in [2.05, 4.69) is 27.1 Å². The maximum atomic E-state index is 14.2. The number of halogens is 1. The molecule has 3 aromatic rings. The molecular weight excluding hydrogens is 367 g/mol. The molecule has 0 unspecified atom stereocenters. The standard InChI is InChI=1S/C23H27FN4O/c1-3-20-15(2)19-12-18(24)11-17(21(19)27-20)14-26-23(29)22(28-9-4-5-10-28)16-7-6-8-25-13-16/h6-8,11-13,22,27H,3-5,9-10,14H2,1-2H3,(H,26,29)/t22-/m0/s1. The Morgan fingerprint density at radius 3 is 2.83 bits per heavy atom. The first-order chi connectivity index (χ1) is 14.1. The Balaban J connectivity index is 1.59. The maximum Gasteiger partial charge on any atom is 0.242 e. The molecule has 1 aliphatic rings. The number of hydrogen-bond acceptors (Lipinski definition) is 3. The Hall–Kier alpha value is -2.73. The van der Waals surface area contributed by atoms with Crippen LogP contribution in [0.4, 0.5) is 4.39 Å². The molecular formula is C23H27FN4O. The lowest BCUT2D eigenvalue weighted by atomic mass is 10.1.